The van der Waals surface area contributed by atoms with E-state index in [0.717, 1.165) is 0 Å². The van der Waals surface area contributed by atoms with Gasteiger partial charge in [0.25, 0.3) is 0 Å². The summed E-state index contributed by atoms with van der Waals surface area (Å²) in [7, 11) is 0. The Morgan fingerprint density at radius 1 is 0.857 bits per heavy atom. The average Bonchev–Trinajstić information content (AvgIpc) is 2.01. The Kier molecular flexibility index (Phi) is 3.31. The van der Waals surface area contributed by atoms with Crippen molar-refractivity contribution >= 4 is 11.9 Å². The zero-order chi connectivity index (χ0) is 11.6. The summed E-state index contributed by atoms with van der Waals surface area (Å²) >= 11 is 0. The second-order valence-corrected chi connectivity index (χ2v) is 4.11. The van der Waals surface area contributed by atoms with E-state index in [9.17, 15) is 9.59 Å². The highest BCUT2D eigenvalue weighted by Crippen LogP contribution is 2.17. The van der Waals surface area contributed by atoms with E-state index < -0.39 is 22.8 Å². The molecule has 0 amide bonds. The first-order valence-corrected chi connectivity index (χ1v) is 4.11. The van der Waals surface area contributed by atoms with Gasteiger partial charge in [-0.3, -0.25) is 9.59 Å². The molecule has 2 N–H and O–H groups in total. The maximum atomic E-state index is 10.7. The fraction of sp³-hybridized carbons (Fsp3) is 0.600. The fourth-order valence-corrected chi connectivity index (χ4v) is 0.419. The maximum Gasteiger partial charge on any atom is 0.321 e. The molecular formula is C10H14O4. The van der Waals surface area contributed by atoms with Gasteiger partial charge in [-0.1, -0.05) is 11.8 Å². The van der Waals surface area contributed by atoms with Crippen molar-refractivity contribution in [3.63, 3.8) is 0 Å². The molecule has 0 saturated carbocycles. The van der Waals surface area contributed by atoms with Crippen LogP contribution in [0.3, 0.4) is 0 Å². The number of rotatable bonds is 2. The predicted molar refractivity (Wildman–Crippen MR) is 50.6 cm³/mol. The molecule has 0 atom stereocenters. The van der Waals surface area contributed by atoms with Gasteiger partial charge in [-0.05, 0) is 27.7 Å². The molecule has 0 radical (unpaired) electrons. The van der Waals surface area contributed by atoms with Crippen LogP contribution in [0, 0.1) is 22.7 Å². The number of aliphatic carboxylic acids is 2. The van der Waals surface area contributed by atoms with Crippen LogP contribution in [0.25, 0.3) is 0 Å². The van der Waals surface area contributed by atoms with Gasteiger partial charge in [0.05, 0.1) is 0 Å². The summed E-state index contributed by atoms with van der Waals surface area (Å²) in [5.74, 6) is 2.77. The number of carboxylic acids is 2. The molecule has 0 aliphatic heterocycles. The molecule has 0 aromatic rings. The minimum absolute atomic E-state index is 1.06. The minimum Gasteiger partial charge on any atom is -0.480 e. The number of hydrogen-bond acceptors (Lipinski definition) is 2. The monoisotopic (exact) mass is 198 g/mol. The second kappa shape index (κ2) is 3.70. The largest absolute Gasteiger partial charge is 0.480 e. The van der Waals surface area contributed by atoms with Crippen LogP contribution in [-0.4, -0.2) is 22.2 Å². The molecule has 14 heavy (non-hydrogen) atoms. The zero-order valence-electron chi connectivity index (χ0n) is 8.71. The molecule has 4 heteroatoms. The molecule has 4 nitrogen and oxygen atoms in total. The standard InChI is InChI=1S/C10H14O4/c1-9(2,7(11)12)5-6-10(3,4)8(13)14/h1-4H3,(H,11,12)(H,13,14). The third kappa shape index (κ3) is 3.09. The van der Waals surface area contributed by atoms with Gasteiger partial charge in [-0.15, -0.1) is 0 Å². The Morgan fingerprint density at radius 2 is 1.07 bits per heavy atom. The van der Waals surface area contributed by atoms with E-state index in [2.05, 4.69) is 11.8 Å². The van der Waals surface area contributed by atoms with Crippen LogP contribution in [0.15, 0.2) is 0 Å². The Labute approximate surface area is 82.9 Å². The van der Waals surface area contributed by atoms with Crippen molar-refractivity contribution in [1.29, 1.82) is 0 Å². The lowest BCUT2D eigenvalue weighted by molar-refractivity contribution is -0.145. The highest BCUT2D eigenvalue weighted by Gasteiger charge is 2.28. The summed E-state index contributed by atoms with van der Waals surface area (Å²) in [5.41, 5.74) is -2.43. The normalized spacial score (nSPS) is 11.4. The topological polar surface area (TPSA) is 74.6 Å². The molecule has 0 unspecified atom stereocenters. The average molecular weight is 198 g/mol. The lowest BCUT2D eigenvalue weighted by Crippen LogP contribution is -2.25. The smallest absolute Gasteiger partial charge is 0.321 e. The van der Waals surface area contributed by atoms with Crippen LogP contribution in [0.5, 0.6) is 0 Å². The van der Waals surface area contributed by atoms with Crippen molar-refractivity contribution in [2.24, 2.45) is 10.8 Å². The third-order valence-electron chi connectivity index (χ3n) is 1.76. The molecule has 0 aromatic carbocycles. The second-order valence-electron chi connectivity index (χ2n) is 4.11. The van der Waals surface area contributed by atoms with Gasteiger partial charge in [0.2, 0.25) is 0 Å². The summed E-state index contributed by atoms with van der Waals surface area (Å²) in [5, 5.41) is 17.5. The fourth-order valence-electron chi connectivity index (χ4n) is 0.419. The molecule has 0 aliphatic rings. The molecule has 78 valence electrons. The van der Waals surface area contributed by atoms with Gasteiger partial charge in [0.15, 0.2) is 0 Å². The van der Waals surface area contributed by atoms with Gasteiger partial charge in [0, 0.05) is 0 Å². The third-order valence-corrected chi connectivity index (χ3v) is 1.76. The van der Waals surface area contributed by atoms with E-state index in [1.165, 1.54) is 27.7 Å². The lowest BCUT2D eigenvalue weighted by atomic mass is 9.89. The molecule has 0 saturated heterocycles. The Hall–Kier alpha value is -1.50. The highest BCUT2D eigenvalue weighted by molar-refractivity contribution is 5.80. The van der Waals surface area contributed by atoms with Crippen molar-refractivity contribution in [2.75, 3.05) is 0 Å². The van der Waals surface area contributed by atoms with Gasteiger partial charge < -0.3 is 10.2 Å². The van der Waals surface area contributed by atoms with E-state index in [1.54, 1.807) is 0 Å². The van der Waals surface area contributed by atoms with E-state index in [4.69, 9.17) is 10.2 Å². The van der Waals surface area contributed by atoms with Crippen LogP contribution < -0.4 is 0 Å². The predicted octanol–water partition coefficient (Wildman–Crippen LogP) is 1.21. The Bertz CT molecular complexity index is 285. The van der Waals surface area contributed by atoms with E-state index in [1.807, 2.05) is 0 Å². The number of carbonyl (C=O) groups is 2. The van der Waals surface area contributed by atoms with Crippen LogP contribution >= 0.6 is 0 Å². The first kappa shape index (κ1) is 12.5. The van der Waals surface area contributed by atoms with Crippen molar-refractivity contribution in [2.45, 2.75) is 27.7 Å². The summed E-state index contributed by atoms with van der Waals surface area (Å²) < 4.78 is 0. The van der Waals surface area contributed by atoms with Gasteiger partial charge in [-0.2, -0.15) is 0 Å². The minimum atomic E-state index is -1.22. The van der Waals surface area contributed by atoms with Crippen molar-refractivity contribution in [3.8, 4) is 11.8 Å². The quantitative estimate of drug-likeness (QED) is 0.654. The summed E-state index contributed by atoms with van der Waals surface area (Å²) in [4.78, 5) is 21.3. The Morgan fingerprint density at radius 3 is 1.21 bits per heavy atom. The molecule has 0 fully saturated rings. The van der Waals surface area contributed by atoms with Gasteiger partial charge >= 0.3 is 11.9 Å². The van der Waals surface area contributed by atoms with Crippen molar-refractivity contribution < 1.29 is 19.8 Å². The molecule has 0 bridgehead atoms. The van der Waals surface area contributed by atoms with Crippen LogP contribution in [0.1, 0.15) is 27.7 Å². The first-order chi connectivity index (χ1) is 6.09. The molecule has 0 rings (SSSR count). The zero-order valence-corrected chi connectivity index (χ0v) is 8.71. The Balaban J connectivity index is 4.93. The molecule has 0 spiro atoms. The first-order valence-electron chi connectivity index (χ1n) is 4.11. The van der Waals surface area contributed by atoms with Crippen molar-refractivity contribution in [3.05, 3.63) is 0 Å². The van der Waals surface area contributed by atoms with E-state index in [0.29, 0.717) is 0 Å². The number of hydrogen-bond donors (Lipinski definition) is 2. The van der Waals surface area contributed by atoms with Crippen molar-refractivity contribution in [1.82, 2.24) is 0 Å². The molecule has 0 heterocycles. The molecule has 0 aliphatic carbocycles. The number of carboxylic acid groups (broad SMARTS) is 2. The SMILES string of the molecule is CC(C)(C#CC(C)(C)C(=O)O)C(=O)O. The van der Waals surface area contributed by atoms with E-state index >= 15 is 0 Å². The van der Waals surface area contributed by atoms with Gasteiger partial charge in [0.1, 0.15) is 10.8 Å². The summed E-state index contributed by atoms with van der Waals surface area (Å²) in [6.07, 6.45) is 0. The van der Waals surface area contributed by atoms with E-state index in [-0.39, 0.29) is 0 Å². The van der Waals surface area contributed by atoms with Crippen LogP contribution in [-0.2, 0) is 9.59 Å². The van der Waals surface area contributed by atoms with Gasteiger partial charge in [-0.25, -0.2) is 0 Å². The molecule has 0 aromatic heterocycles. The summed E-state index contributed by atoms with van der Waals surface area (Å²) in [6, 6.07) is 0. The lowest BCUT2D eigenvalue weighted by Gasteiger charge is -2.14. The molecular weight excluding hydrogens is 184 g/mol. The maximum absolute atomic E-state index is 10.7. The summed E-state index contributed by atoms with van der Waals surface area (Å²) in [6.45, 7) is 5.72. The highest BCUT2D eigenvalue weighted by atomic mass is 16.4. The van der Waals surface area contributed by atoms with Crippen LogP contribution in [0.4, 0.5) is 0 Å². The van der Waals surface area contributed by atoms with Crippen LogP contribution in [0.2, 0.25) is 0 Å².